The van der Waals surface area contributed by atoms with Crippen LogP contribution in [0.15, 0.2) is 24.3 Å². The Kier molecular flexibility index (Phi) is 9.64. The minimum Gasteiger partial charge on any atom is -0.481 e. The molecule has 2 atom stereocenters. The number of hydrogen-bond acceptors (Lipinski definition) is 5. The number of amides is 1. The fourth-order valence-electron chi connectivity index (χ4n) is 2.25. The van der Waals surface area contributed by atoms with Crippen molar-refractivity contribution in [1.29, 1.82) is 0 Å². The molecular weight excluding hydrogens is 374 g/mol. The second kappa shape index (κ2) is 11.4. The van der Waals surface area contributed by atoms with Crippen molar-refractivity contribution < 1.29 is 29.0 Å². The molecule has 0 saturated heterocycles. The molecule has 0 aromatic heterocycles. The molecule has 1 rings (SSSR count). The zero-order valence-corrected chi connectivity index (χ0v) is 16.5. The van der Waals surface area contributed by atoms with Gasteiger partial charge in [-0.1, -0.05) is 44.5 Å². The summed E-state index contributed by atoms with van der Waals surface area (Å²) in [6, 6.07) is 6.52. The fraction of sp³-hybridized carbons (Fsp3) is 0.526. The lowest BCUT2D eigenvalue weighted by atomic mass is 9.96. The van der Waals surface area contributed by atoms with E-state index in [1.165, 1.54) is 0 Å². The van der Waals surface area contributed by atoms with Gasteiger partial charge in [-0.05, 0) is 30.5 Å². The Balaban J connectivity index is 2.54. The Hall–Kier alpha value is -2.28. The molecular formula is C19H26ClNO6. The van der Waals surface area contributed by atoms with Crippen molar-refractivity contribution in [2.45, 2.75) is 52.2 Å². The number of esters is 1. The van der Waals surface area contributed by atoms with E-state index in [1.807, 2.05) is 6.92 Å². The number of nitrogens with one attached hydrogen (secondary N) is 1. The number of carbonyl (C=O) groups is 3. The first-order valence-corrected chi connectivity index (χ1v) is 9.25. The first-order valence-electron chi connectivity index (χ1n) is 8.87. The Morgan fingerprint density at radius 2 is 1.74 bits per heavy atom. The molecule has 0 fully saturated rings. The molecule has 1 aromatic carbocycles. The van der Waals surface area contributed by atoms with Gasteiger partial charge in [0.05, 0.1) is 11.8 Å². The molecule has 0 aliphatic heterocycles. The summed E-state index contributed by atoms with van der Waals surface area (Å²) in [5.41, 5.74) is 0.594. The molecule has 0 spiro atoms. The van der Waals surface area contributed by atoms with Crippen molar-refractivity contribution in [1.82, 2.24) is 5.32 Å². The van der Waals surface area contributed by atoms with Crippen LogP contribution >= 0.6 is 11.6 Å². The van der Waals surface area contributed by atoms with Crippen LogP contribution in [-0.4, -0.2) is 36.0 Å². The number of ether oxygens (including phenoxy) is 2. The van der Waals surface area contributed by atoms with Crippen molar-refractivity contribution in [3.8, 4) is 0 Å². The number of carbonyl (C=O) groups excluding carboxylic acids is 2. The summed E-state index contributed by atoms with van der Waals surface area (Å²) in [6.45, 7) is 5.35. The van der Waals surface area contributed by atoms with Gasteiger partial charge in [-0.2, -0.15) is 0 Å². The van der Waals surface area contributed by atoms with Crippen LogP contribution in [0.4, 0.5) is 4.79 Å². The number of rotatable bonds is 10. The minimum absolute atomic E-state index is 0.0927. The Labute approximate surface area is 164 Å². The monoisotopic (exact) mass is 399 g/mol. The molecule has 1 aromatic rings. The highest BCUT2D eigenvalue weighted by Gasteiger charge is 2.22. The molecule has 2 N–H and O–H groups in total. The van der Waals surface area contributed by atoms with Gasteiger partial charge in [0.2, 0.25) is 6.29 Å². The maximum absolute atomic E-state index is 11.9. The van der Waals surface area contributed by atoms with Crippen LogP contribution < -0.4 is 5.32 Å². The topological polar surface area (TPSA) is 102 Å². The van der Waals surface area contributed by atoms with Gasteiger partial charge in [0.25, 0.3) is 0 Å². The number of alkyl carbamates (subject to hydrolysis) is 1. The molecule has 0 saturated carbocycles. The number of aliphatic carboxylic acids is 1. The first-order chi connectivity index (χ1) is 12.7. The van der Waals surface area contributed by atoms with E-state index in [1.54, 1.807) is 38.1 Å². The van der Waals surface area contributed by atoms with E-state index < -0.39 is 30.2 Å². The molecule has 0 heterocycles. The van der Waals surface area contributed by atoms with Crippen LogP contribution in [0.1, 0.15) is 51.5 Å². The van der Waals surface area contributed by atoms with Crippen molar-refractivity contribution >= 4 is 29.6 Å². The van der Waals surface area contributed by atoms with Gasteiger partial charge in [-0.25, -0.2) is 4.79 Å². The van der Waals surface area contributed by atoms with Gasteiger partial charge in [-0.15, -0.1) is 0 Å². The predicted molar refractivity (Wildman–Crippen MR) is 101 cm³/mol. The third-order valence-corrected chi connectivity index (χ3v) is 4.01. The number of carboxylic acid groups (broad SMARTS) is 1. The third-order valence-electron chi connectivity index (χ3n) is 3.75. The summed E-state index contributed by atoms with van der Waals surface area (Å²) in [7, 11) is 0. The van der Waals surface area contributed by atoms with Crippen molar-refractivity contribution in [3.63, 3.8) is 0 Å². The van der Waals surface area contributed by atoms with Gasteiger partial charge in [0, 0.05) is 18.0 Å². The van der Waals surface area contributed by atoms with Crippen LogP contribution in [0.5, 0.6) is 0 Å². The molecule has 150 valence electrons. The molecule has 0 radical (unpaired) electrons. The van der Waals surface area contributed by atoms with E-state index >= 15 is 0 Å². The van der Waals surface area contributed by atoms with Gasteiger partial charge < -0.3 is 19.9 Å². The summed E-state index contributed by atoms with van der Waals surface area (Å²) in [5, 5.41) is 12.4. The van der Waals surface area contributed by atoms with Crippen LogP contribution in [0.25, 0.3) is 0 Å². The zero-order chi connectivity index (χ0) is 20.4. The average molecular weight is 400 g/mol. The fourth-order valence-corrected chi connectivity index (χ4v) is 2.38. The zero-order valence-electron chi connectivity index (χ0n) is 15.7. The number of halogens is 1. The molecule has 27 heavy (non-hydrogen) atoms. The van der Waals surface area contributed by atoms with Gasteiger partial charge in [0.15, 0.2) is 0 Å². The summed E-state index contributed by atoms with van der Waals surface area (Å²) >= 11 is 5.81. The lowest BCUT2D eigenvalue weighted by molar-refractivity contribution is -0.172. The van der Waals surface area contributed by atoms with E-state index in [-0.39, 0.29) is 18.9 Å². The summed E-state index contributed by atoms with van der Waals surface area (Å²) in [4.78, 5) is 35.1. The van der Waals surface area contributed by atoms with Crippen LogP contribution in [0, 0.1) is 5.92 Å². The van der Waals surface area contributed by atoms with E-state index in [0.29, 0.717) is 23.4 Å². The molecule has 1 amide bonds. The second-order valence-electron chi connectivity index (χ2n) is 6.37. The Morgan fingerprint density at radius 3 is 2.26 bits per heavy atom. The molecule has 8 heteroatoms. The molecule has 0 aliphatic rings. The lowest BCUT2D eigenvalue weighted by Gasteiger charge is -2.19. The normalized spacial score (nSPS) is 12.9. The average Bonchev–Trinajstić information content (AvgIpc) is 2.59. The van der Waals surface area contributed by atoms with Crippen molar-refractivity contribution in [3.05, 3.63) is 34.9 Å². The molecule has 0 aliphatic carbocycles. The summed E-state index contributed by atoms with van der Waals surface area (Å²) in [6.07, 6.45) is -0.493. The van der Waals surface area contributed by atoms with E-state index in [0.717, 1.165) is 0 Å². The second-order valence-corrected chi connectivity index (χ2v) is 6.81. The van der Waals surface area contributed by atoms with Crippen LogP contribution in [0.3, 0.4) is 0 Å². The number of hydrogen-bond donors (Lipinski definition) is 2. The van der Waals surface area contributed by atoms with Gasteiger partial charge in [0.1, 0.15) is 0 Å². The Bertz CT molecular complexity index is 632. The SMILES string of the molecule is CCC[C@H](OC(=O)NCCC(C(=O)O)c1ccc(Cl)cc1)OC(=O)C(C)C. The minimum atomic E-state index is -0.998. The molecule has 7 nitrogen and oxygen atoms in total. The largest absolute Gasteiger partial charge is 0.481 e. The van der Waals surface area contributed by atoms with Gasteiger partial charge >= 0.3 is 18.0 Å². The molecule has 0 bridgehead atoms. The maximum Gasteiger partial charge on any atom is 0.410 e. The standard InChI is InChI=1S/C19H26ClNO6/c1-4-5-16(26-18(24)12(2)3)27-19(25)21-11-10-15(17(22)23)13-6-8-14(20)9-7-13/h6-9,12,15-16H,4-5,10-11H2,1-3H3,(H,21,25)(H,22,23)/t15?,16-/m0/s1. The van der Waals surface area contributed by atoms with Crippen LogP contribution in [0.2, 0.25) is 5.02 Å². The van der Waals surface area contributed by atoms with Crippen molar-refractivity contribution in [2.75, 3.05) is 6.54 Å². The lowest BCUT2D eigenvalue weighted by Crippen LogP contribution is -2.33. The summed E-state index contributed by atoms with van der Waals surface area (Å²) in [5.74, 6) is -2.56. The maximum atomic E-state index is 11.9. The third kappa shape index (κ3) is 8.30. The highest BCUT2D eigenvalue weighted by Crippen LogP contribution is 2.21. The highest BCUT2D eigenvalue weighted by molar-refractivity contribution is 6.30. The number of carboxylic acids is 1. The molecule has 1 unspecified atom stereocenters. The quantitative estimate of drug-likeness (QED) is 0.456. The number of benzene rings is 1. The van der Waals surface area contributed by atoms with E-state index in [2.05, 4.69) is 5.32 Å². The van der Waals surface area contributed by atoms with Gasteiger partial charge in [-0.3, -0.25) is 9.59 Å². The van der Waals surface area contributed by atoms with Crippen LogP contribution in [-0.2, 0) is 19.1 Å². The Morgan fingerprint density at radius 1 is 1.11 bits per heavy atom. The van der Waals surface area contributed by atoms with E-state index in [9.17, 15) is 19.5 Å². The smallest absolute Gasteiger partial charge is 0.410 e. The summed E-state index contributed by atoms with van der Waals surface area (Å²) < 4.78 is 10.3. The predicted octanol–water partition coefficient (Wildman–Crippen LogP) is 3.95. The first kappa shape index (κ1) is 22.8. The van der Waals surface area contributed by atoms with Crippen molar-refractivity contribution in [2.24, 2.45) is 5.92 Å². The highest BCUT2D eigenvalue weighted by atomic mass is 35.5. The van der Waals surface area contributed by atoms with E-state index in [4.69, 9.17) is 21.1 Å².